The third-order valence-corrected chi connectivity index (χ3v) is 3.80. The van der Waals surface area contributed by atoms with Gasteiger partial charge in [-0.2, -0.15) is 0 Å². The predicted octanol–water partition coefficient (Wildman–Crippen LogP) is 1.74. The molecule has 0 bridgehead atoms. The van der Waals surface area contributed by atoms with Gasteiger partial charge in [0.2, 0.25) is 0 Å². The number of piperidine rings is 1. The monoisotopic (exact) mass is 226 g/mol. The topological polar surface area (TPSA) is 33.3 Å². The second kappa shape index (κ2) is 4.63. The average Bonchev–Trinajstić information content (AvgIpc) is 2.25. The summed E-state index contributed by atoms with van der Waals surface area (Å²) in [5.74, 6) is 0.771. The first-order chi connectivity index (χ1) is 7.49. The van der Waals surface area contributed by atoms with Crippen LogP contribution in [0.2, 0.25) is 0 Å². The van der Waals surface area contributed by atoms with Crippen molar-refractivity contribution in [2.45, 2.75) is 45.8 Å². The van der Waals surface area contributed by atoms with Crippen molar-refractivity contribution in [3.05, 3.63) is 0 Å². The first kappa shape index (κ1) is 12.3. The van der Waals surface area contributed by atoms with Crippen molar-refractivity contribution >= 4 is 0 Å². The molecule has 3 heteroatoms. The molecule has 2 heterocycles. The molecule has 2 fully saturated rings. The minimum absolute atomic E-state index is 0.0980. The molecule has 3 nitrogen and oxygen atoms in total. The van der Waals surface area contributed by atoms with Crippen molar-refractivity contribution in [2.75, 3.05) is 26.2 Å². The van der Waals surface area contributed by atoms with E-state index in [0.29, 0.717) is 0 Å². The van der Waals surface area contributed by atoms with Gasteiger partial charge in [0, 0.05) is 12.0 Å². The number of hydrogen-bond acceptors (Lipinski definition) is 3. The van der Waals surface area contributed by atoms with E-state index >= 15 is 0 Å². The maximum atomic E-state index is 6.04. The lowest BCUT2D eigenvalue weighted by Gasteiger charge is -2.44. The van der Waals surface area contributed by atoms with E-state index in [1.807, 2.05) is 0 Å². The highest BCUT2D eigenvalue weighted by Gasteiger charge is 2.36. The molecule has 2 rings (SSSR count). The van der Waals surface area contributed by atoms with E-state index in [2.05, 4.69) is 31.4 Å². The van der Waals surface area contributed by atoms with Crippen LogP contribution >= 0.6 is 0 Å². The first-order valence-corrected chi connectivity index (χ1v) is 6.59. The maximum Gasteiger partial charge on any atom is 0.116 e. The van der Waals surface area contributed by atoms with Gasteiger partial charge in [0.05, 0.1) is 6.61 Å². The highest BCUT2D eigenvalue weighted by molar-refractivity contribution is 4.87. The lowest BCUT2D eigenvalue weighted by atomic mass is 9.87. The Morgan fingerprint density at radius 1 is 1.31 bits per heavy atom. The van der Waals surface area contributed by atoms with E-state index in [4.69, 9.17) is 4.74 Å². The fourth-order valence-corrected chi connectivity index (χ4v) is 2.66. The molecule has 2 atom stereocenters. The van der Waals surface area contributed by atoms with E-state index in [9.17, 15) is 0 Å². The number of ether oxygens (including phenoxy) is 1. The van der Waals surface area contributed by atoms with Gasteiger partial charge in [0.25, 0.3) is 0 Å². The van der Waals surface area contributed by atoms with E-state index in [1.54, 1.807) is 0 Å². The molecule has 94 valence electrons. The van der Waals surface area contributed by atoms with E-state index in [0.717, 1.165) is 32.0 Å². The summed E-state index contributed by atoms with van der Waals surface area (Å²) >= 11 is 0. The Morgan fingerprint density at radius 2 is 2.12 bits per heavy atom. The molecule has 0 radical (unpaired) electrons. The smallest absolute Gasteiger partial charge is 0.116 e. The second-order valence-electron chi connectivity index (χ2n) is 6.45. The van der Waals surface area contributed by atoms with Crippen LogP contribution in [0.4, 0.5) is 0 Å². The van der Waals surface area contributed by atoms with Crippen molar-refractivity contribution in [2.24, 2.45) is 11.3 Å². The molecule has 2 unspecified atom stereocenters. The molecule has 0 aromatic carbocycles. The molecular formula is C13H26N2O. The maximum absolute atomic E-state index is 6.04. The summed E-state index contributed by atoms with van der Waals surface area (Å²) in [6.07, 6.45) is 3.79. The average molecular weight is 226 g/mol. The van der Waals surface area contributed by atoms with Crippen LogP contribution < -0.4 is 10.6 Å². The molecule has 2 aliphatic heterocycles. The Bertz CT molecular complexity index is 224. The normalized spacial score (nSPS) is 39.6. The van der Waals surface area contributed by atoms with Crippen LogP contribution in [-0.4, -0.2) is 32.0 Å². The zero-order chi connectivity index (χ0) is 11.6. The van der Waals surface area contributed by atoms with Gasteiger partial charge in [0.1, 0.15) is 5.72 Å². The summed E-state index contributed by atoms with van der Waals surface area (Å²) in [4.78, 5) is 0. The van der Waals surface area contributed by atoms with Gasteiger partial charge in [-0.25, -0.2) is 0 Å². The standard InChI is InChI=1S/C13H26N2O/c1-12(2)9-15-13(3,16-10-12)7-11-5-4-6-14-8-11/h11,14-15H,4-10H2,1-3H3. The highest BCUT2D eigenvalue weighted by atomic mass is 16.5. The van der Waals surface area contributed by atoms with Crippen molar-refractivity contribution < 1.29 is 4.74 Å². The van der Waals surface area contributed by atoms with E-state index in [-0.39, 0.29) is 11.1 Å². The number of nitrogens with one attached hydrogen (secondary N) is 2. The molecule has 0 saturated carbocycles. The van der Waals surface area contributed by atoms with Crippen LogP contribution in [-0.2, 0) is 4.74 Å². The van der Waals surface area contributed by atoms with Gasteiger partial charge >= 0.3 is 0 Å². The van der Waals surface area contributed by atoms with Gasteiger partial charge in [-0.15, -0.1) is 0 Å². The fraction of sp³-hybridized carbons (Fsp3) is 1.00. The summed E-state index contributed by atoms with van der Waals surface area (Å²) in [5.41, 5.74) is 0.184. The van der Waals surface area contributed by atoms with Crippen molar-refractivity contribution in [3.63, 3.8) is 0 Å². The number of hydrogen-bond donors (Lipinski definition) is 2. The Morgan fingerprint density at radius 3 is 2.69 bits per heavy atom. The second-order valence-corrected chi connectivity index (χ2v) is 6.45. The molecule has 0 aromatic rings. The predicted molar refractivity (Wildman–Crippen MR) is 66.4 cm³/mol. The van der Waals surface area contributed by atoms with Crippen LogP contribution in [0.25, 0.3) is 0 Å². The number of rotatable bonds is 2. The molecular weight excluding hydrogens is 200 g/mol. The van der Waals surface area contributed by atoms with Crippen LogP contribution in [0, 0.1) is 11.3 Å². The Hall–Kier alpha value is -0.120. The van der Waals surface area contributed by atoms with Crippen molar-refractivity contribution in [1.82, 2.24) is 10.6 Å². The third kappa shape index (κ3) is 3.19. The lowest BCUT2D eigenvalue weighted by molar-refractivity contribution is -0.137. The van der Waals surface area contributed by atoms with Crippen LogP contribution in [0.1, 0.15) is 40.0 Å². The van der Waals surface area contributed by atoms with Crippen LogP contribution in [0.3, 0.4) is 0 Å². The van der Waals surface area contributed by atoms with Crippen LogP contribution in [0.15, 0.2) is 0 Å². The van der Waals surface area contributed by atoms with Crippen LogP contribution in [0.5, 0.6) is 0 Å². The quantitative estimate of drug-likeness (QED) is 0.752. The summed E-state index contributed by atoms with van der Waals surface area (Å²) in [6, 6.07) is 0. The zero-order valence-corrected chi connectivity index (χ0v) is 10.9. The Kier molecular flexibility index (Phi) is 3.57. The molecule has 16 heavy (non-hydrogen) atoms. The zero-order valence-electron chi connectivity index (χ0n) is 10.9. The summed E-state index contributed by atoms with van der Waals surface area (Å²) < 4.78 is 6.04. The molecule has 2 saturated heterocycles. The van der Waals surface area contributed by atoms with Crippen molar-refractivity contribution in [1.29, 1.82) is 0 Å². The van der Waals surface area contributed by atoms with E-state index < -0.39 is 0 Å². The molecule has 0 spiro atoms. The van der Waals surface area contributed by atoms with Gasteiger partial charge in [0.15, 0.2) is 0 Å². The summed E-state index contributed by atoms with van der Waals surface area (Å²) in [5, 5.41) is 7.06. The SMILES string of the molecule is CC1(C)CNC(C)(CC2CCCNC2)OC1. The first-order valence-electron chi connectivity index (χ1n) is 6.59. The van der Waals surface area contributed by atoms with Gasteiger partial charge in [-0.1, -0.05) is 13.8 Å². The minimum Gasteiger partial charge on any atom is -0.360 e. The highest BCUT2D eigenvalue weighted by Crippen LogP contribution is 2.30. The van der Waals surface area contributed by atoms with Gasteiger partial charge in [-0.3, -0.25) is 5.32 Å². The summed E-state index contributed by atoms with van der Waals surface area (Å²) in [7, 11) is 0. The van der Waals surface area contributed by atoms with Gasteiger partial charge in [-0.05, 0) is 45.2 Å². The van der Waals surface area contributed by atoms with Gasteiger partial charge < -0.3 is 10.1 Å². The largest absolute Gasteiger partial charge is 0.360 e. The third-order valence-electron chi connectivity index (χ3n) is 3.80. The molecule has 0 amide bonds. The fourth-order valence-electron chi connectivity index (χ4n) is 2.66. The molecule has 2 aliphatic rings. The Balaban J connectivity index is 1.84. The minimum atomic E-state index is -0.0980. The molecule has 2 N–H and O–H groups in total. The Labute approximate surface area is 99.3 Å². The van der Waals surface area contributed by atoms with Crippen molar-refractivity contribution in [3.8, 4) is 0 Å². The van der Waals surface area contributed by atoms with E-state index in [1.165, 1.54) is 19.4 Å². The summed E-state index contributed by atoms with van der Waals surface area (Å²) in [6.45, 7) is 11.0. The molecule has 0 aliphatic carbocycles. The molecule has 0 aromatic heterocycles. The lowest BCUT2D eigenvalue weighted by Crippen LogP contribution is -2.57.